The van der Waals surface area contributed by atoms with E-state index >= 15 is 0 Å². The Kier molecular flexibility index (Phi) is 3.92. The molecule has 0 aliphatic heterocycles. The Labute approximate surface area is 107 Å². The number of rotatable bonds is 3. The lowest BCUT2D eigenvalue weighted by atomic mass is 9.93. The molecule has 2 N–H and O–H groups in total. The van der Waals surface area contributed by atoms with E-state index in [2.05, 4.69) is 10.6 Å². The first-order valence-electron chi connectivity index (χ1n) is 5.85. The molecule has 0 saturated heterocycles. The molecule has 0 aromatic heterocycles. The first kappa shape index (κ1) is 13.6. The largest absolute Gasteiger partial charge is 0.335 e. The lowest BCUT2D eigenvalue weighted by Gasteiger charge is -2.26. The normalized spacial score (nSPS) is 14.9. The fraction of sp³-hybridized carbons (Fsp3) is 0.417. The number of halogens is 4. The van der Waals surface area contributed by atoms with Crippen LogP contribution >= 0.6 is 0 Å². The molecule has 0 bridgehead atoms. The van der Waals surface area contributed by atoms with Crippen molar-refractivity contribution in [3.63, 3.8) is 0 Å². The molecule has 1 fully saturated rings. The van der Waals surface area contributed by atoms with Crippen molar-refractivity contribution >= 4 is 6.03 Å². The van der Waals surface area contributed by atoms with Gasteiger partial charge in [0.05, 0.1) is 0 Å². The van der Waals surface area contributed by atoms with Crippen LogP contribution in [0, 0.1) is 23.3 Å². The maximum Gasteiger partial charge on any atom is 0.315 e. The van der Waals surface area contributed by atoms with Crippen molar-refractivity contribution in [3.05, 3.63) is 34.9 Å². The van der Waals surface area contributed by atoms with Gasteiger partial charge in [0, 0.05) is 18.2 Å². The lowest BCUT2D eigenvalue weighted by molar-refractivity contribution is 0.228. The molecule has 1 saturated carbocycles. The molecule has 104 valence electrons. The smallest absolute Gasteiger partial charge is 0.315 e. The van der Waals surface area contributed by atoms with Gasteiger partial charge in [-0.25, -0.2) is 22.4 Å². The van der Waals surface area contributed by atoms with Crippen LogP contribution in [0.4, 0.5) is 22.4 Å². The minimum atomic E-state index is -1.88. The molecule has 0 spiro atoms. The van der Waals surface area contributed by atoms with Crippen LogP contribution in [0.1, 0.15) is 24.8 Å². The summed E-state index contributed by atoms with van der Waals surface area (Å²) < 4.78 is 51.8. The minimum absolute atomic E-state index is 0.0894. The van der Waals surface area contributed by atoms with Gasteiger partial charge < -0.3 is 10.6 Å². The maximum absolute atomic E-state index is 13.3. The molecule has 2 rings (SSSR count). The van der Waals surface area contributed by atoms with Crippen LogP contribution in [0.5, 0.6) is 0 Å². The Morgan fingerprint density at radius 2 is 1.84 bits per heavy atom. The summed E-state index contributed by atoms with van der Waals surface area (Å²) in [4.78, 5) is 11.4. The number of nitrogens with one attached hydrogen (secondary N) is 2. The van der Waals surface area contributed by atoms with Crippen LogP contribution in [-0.4, -0.2) is 12.1 Å². The van der Waals surface area contributed by atoms with Gasteiger partial charge in [0.1, 0.15) is 0 Å². The molecule has 7 heteroatoms. The van der Waals surface area contributed by atoms with Crippen molar-refractivity contribution in [2.24, 2.45) is 0 Å². The Morgan fingerprint density at radius 3 is 2.42 bits per heavy atom. The highest BCUT2D eigenvalue weighted by molar-refractivity contribution is 5.74. The van der Waals surface area contributed by atoms with Crippen LogP contribution in [0.3, 0.4) is 0 Å². The van der Waals surface area contributed by atoms with E-state index in [1.54, 1.807) is 0 Å². The average Bonchev–Trinajstić information content (AvgIpc) is 2.34. The third-order valence-corrected chi connectivity index (χ3v) is 3.06. The Balaban J connectivity index is 1.97. The molecule has 0 unspecified atom stereocenters. The average molecular weight is 276 g/mol. The molecular formula is C12H12F4N2O. The van der Waals surface area contributed by atoms with Crippen LogP contribution < -0.4 is 10.6 Å². The zero-order chi connectivity index (χ0) is 14.0. The molecule has 1 aromatic rings. The van der Waals surface area contributed by atoms with E-state index in [1.165, 1.54) is 0 Å². The van der Waals surface area contributed by atoms with Crippen LogP contribution in [-0.2, 0) is 6.54 Å². The minimum Gasteiger partial charge on any atom is -0.335 e. The molecule has 19 heavy (non-hydrogen) atoms. The zero-order valence-corrected chi connectivity index (χ0v) is 9.90. The fourth-order valence-electron chi connectivity index (χ4n) is 1.71. The molecular weight excluding hydrogens is 264 g/mol. The summed E-state index contributed by atoms with van der Waals surface area (Å²) in [5.41, 5.74) is -0.444. The third-order valence-electron chi connectivity index (χ3n) is 3.06. The monoisotopic (exact) mass is 276 g/mol. The highest BCUT2D eigenvalue weighted by atomic mass is 19.2. The van der Waals surface area contributed by atoms with Crippen molar-refractivity contribution in [2.45, 2.75) is 31.8 Å². The summed E-state index contributed by atoms with van der Waals surface area (Å²) in [5.74, 6) is -6.73. The van der Waals surface area contributed by atoms with E-state index in [4.69, 9.17) is 0 Å². The predicted octanol–water partition coefficient (Wildman–Crippen LogP) is 2.59. The highest BCUT2D eigenvalue weighted by Gasteiger charge is 2.21. The molecule has 1 aromatic carbocycles. The molecule has 3 nitrogen and oxygen atoms in total. The topological polar surface area (TPSA) is 41.1 Å². The molecule has 0 atom stereocenters. The fourth-order valence-corrected chi connectivity index (χ4v) is 1.71. The summed E-state index contributed by atoms with van der Waals surface area (Å²) in [7, 11) is 0. The zero-order valence-electron chi connectivity index (χ0n) is 9.90. The molecule has 0 radical (unpaired) electrons. The number of carbonyl (C=O) groups is 1. The van der Waals surface area contributed by atoms with E-state index in [1.807, 2.05) is 0 Å². The Hall–Kier alpha value is -1.79. The van der Waals surface area contributed by atoms with Crippen molar-refractivity contribution in [1.82, 2.24) is 10.6 Å². The number of benzene rings is 1. The quantitative estimate of drug-likeness (QED) is 0.497. The van der Waals surface area contributed by atoms with Gasteiger partial charge in [-0.05, 0) is 25.3 Å². The second kappa shape index (κ2) is 5.46. The summed E-state index contributed by atoms with van der Waals surface area (Å²) >= 11 is 0. The molecule has 0 heterocycles. The summed E-state index contributed by atoms with van der Waals surface area (Å²) in [5, 5.41) is 4.88. The van der Waals surface area contributed by atoms with Crippen LogP contribution in [0.15, 0.2) is 6.07 Å². The number of amides is 2. The van der Waals surface area contributed by atoms with Crippen molar-refractivity contribution in [2.75, 3.05) is 0 Å². The van der Waals surface area contributed by atoms with E-state index in [0.29, 0.717) is 6.07 Å². The maximum atomic E-state index is 13.3. The van der Waals surface area contributed by atoms with Gasteiger partial charge in [0.2, 0.25) is 0 Å². The summed E-state index contributed by atoms with van der Waals surface area (Å²) in [6.45, 7) is -0.418. The van der Waals surface area contributed by atoms with Gasteiger partial charge in [-0.2, -0.15) is 0 Å². The summed E-state index contributed by atoms with van der Waals surface area (Å²) in [6.07, 6.45) is 2.79. The number of urea groups is 1. The van der Waals surface area contributed by atoms with Gasteiger partial charge in [0.15, 0.2) is 23.3 Å². The number of hydrogen-bond donors (Lipinski definition) is 2. The van der Waals surface area contributed by atoms with Gasteiger partial charge in [0.25, 0.3) is 0 Å². The van der Waals surface area contributed by atoms with Crippen molar-refractivity contribution in [1.29, 1.82) is 0 Å². The van der Waals surface area contributed by atoms with Crippen LogP contribution in [0.25, 0.3) is 0 Å². The Bertz CT molecular complexity index is 503. The molecule has 2 amide bonds. The van der Waals surface area contributed by atoms with Gasteiger partial charge in [-0.3, -0.25) is 0 Å². The lowest BCUT2D eigenvalue weighted by Crippen LogP contribution is -2.44. The SMILES string of the molecule is O=C(NCc1cc(F)c(F)c(F)c1F)NC1CCC1. The number of hydrogen-bond acceptors (Lipinski definition) is 1. The van der Waals surface area contributed by atoms with Gasteiger partial charge >= 0.3 is 6.03 Å². The number of carbonyl (C=O) groups excluding carboxylic acids is 1. The first-order valence-corrected chi connectivity index (χ1v) is 5.85. The van der Waals surface area contributed by atoms with E-state index < -0.39 is 41.4 Å². The molecule has 1 aliphatic carbocycles. The van der Waals surface area contributed by atoms with Crippen LogP contribution in [0.2, 0.25) is 0 Å². The van der Waals surface area contributed by atoms with E-state index in [0.717, 1.165) is 19.3 Å². The first-order chi connectivity index (χ1) is 8.99. The highest BCUT2D eigenvalue weighted by Crippen LogP contribution is 2.19. The predicted molar refractivity (Wildman–Crippen MR) is 59.3 cm³/mol. The second-order valence-electron chi connectivity index (χ2n) is 4.41. The van der Waals surface area contributed by atoms with Gasteiger partial charge in [-0.1, -0.05) is 0 Å². The third kappa shape index (κ3) is 2.97. The van der Waals surface area contributed by atoms with E-state index in [-0.39, 0.29) is 6.04 Å². The van der Waals surface area contributed by atoms with E-state index in [9.17, 15) is 22.4 Å². The summed E-state index contributed by atoms with van der Waals surface area (Å²) in [6, 6.07) is 0.0676. The Morgan fingerprint density at radius 1 is 1.16 bits per heavy atom. The van der Waals surface area contributed by atoms with Crippen molar-refractivity contribution < 1.29 is 22.4 Å². The van der Waals surface area contributed by atoms with Crippen molar-refractivity contribution in [3.8, 4) is 0 Å². The standard InChI is InChI=1S/C12H12F4N2O/c13-8-4-6(9(14)11(16)10(8)15)5-17-12(19)18-7-2-1-3-7/h4,7H,1-3,5H2,(H2,17,18,19). The second-order valence-corrected chi connectivity index (χ2v) is 4.41. The van der Waals surface area contributed by atoms with Gasteiger partial charge in [-0.15, -0.1) is 0 Å². The molecule has 1 aliphatic rings.